The minimum Gasteiger partial charge on any atom is -0.371 e. The Balaban J connectivity index is 1.17. The Labute approximate surface area is 230 Å². The molecule has 0 radical (unpaired) electrons. The summed E-state index contributed by atoms with van der Waals surface area (Å²) in [6.45, 7) is 3.85. The van der Waals surface area contributed by atoms with Crippen molar-refractivity contribution >= 4 is 38.1 Å². The zero-order valence-electron chi connectivity index (χ0n) is 21.4. The van der Waals surface area contributed by atoms with Gasteiger partial charge in [0.05, 0.1) is 4.90 Å². The summed E-state index contributed by atoms with van der Waals surface area (Å²) in [5.74, 6) is 0. The molecule has 3 aromatic carbocycles. The molecule has 0 atom stereocenters. The molecule has 6 nitrogen and oxygen atoms in total. The molecule has 0 spiro atoms. The van der Waals surface area contributed by atoms with Gasteiger partial charge in [0.1, 0.15) is 0 Å². The van der Waals surface area contributed by atoms with Gasteiger partial charge in [0.25, 0.3) is 0 Å². The molecule has 4 aromatic rings. The first kappa shape index (κ1) is 26.6. The Kier molecular flexibility index (Phi) is 8.59. The highest BCUT2D eigenvalue weighted by Gasteiger charge is 2.19. The van der Waals surface area contributed by atoms with Gasteiger partial charge in [-0.15, -0.1) is 0 Å². The number of anilines is 1. The molecule has 2 heterocycles. The van der Waals surface area contributed by atoms with Crippen LogP contribution < -0.4 is 14.9 Å². The van der Waals surface area contributed by atoms with Crippen LogP contribution in [0.15, 0.2) is 84.0 Å². The maximum Gasteiger partial charge on any atom is 0.241 e. The number of aryl methyl sites for hydroxylation is 1. The highest BCUT2D eigenvalue weighted by molar-refractivity contribution is 7.89. The molecule has 38 heavy (non-hydrogen) atoms. The number of halogens is 1. The Morgan fingerprint density at radius 2 is 1.71 bits per heavy atom. The summed E-state index contributed by atoms with van der Waals surface area (Å²) in [5, 5.41) is 5.61. The second kappa shape index (κ2) is 12.3. The van der Waals surface area contributed by atoms with Crippen molar-refractivity contribution in [3.05, 3.63) is 89.7 Å². The number of aromatic nitrogens is 1. The van der Waals surface area contributed by atoms with Crippen LogP contribution in [0.3, 0.4) is 0 Å². The van der Waals surface area contributed by atoms with E-state index < -0.39 is 10.0 Å². The van der Waals surface area contributed by atoms with Crippen molar-refractivity contribution in [1.29, 1.82) is 0 Å². The zero-order valence-corrected chi connectivity index (χ0v) is 22.9. The van der Waals surface area contributed by atoms with E-state index in [4.69, 9.17) is 11.6 Å². The first-order valence-corrected chi connectivity index (χ1v) is 15.0. The Morgan fingerprint density at radius 1 is 0.895 bits per heavy atom. The fourth-order valence-electron chi connectivity index (χ4n) is 5.08. The number of pyridine rings is 1. The van der Waals surface area contributed by atoms with Gasteiger partial charge >= 0.3 is 0 Å². The lowest BCUT2D eigenvalue weighted by Gasteiger charge is -2.22. The number of benzene rings is 3. The van der Waals surface area contributed by atoms with Crippen LogP contribution in [-0.2, 0) is 16.4 Å². The SMILES string of the molecule is O=S(=O)(NCCNCCCc1ccc(Cl)cc1N1CCCC1)c1cc(-c2ccccc2)cc2cnccc12. The van der Waals surface area contributed by atoms with Crippen LogP contribution in [0.5, 0.6) is 0 Å². The zero-order chi connectivity index (χ0) is 26.4. The average Bonchev–Trinajstić information content (AvgIpc) is 3.48. The van der Waals surface area contributed by atoms with Crippen molar-refractivity contribution in [2.75, 3.05) is 37.6 Å². The lowest BCUT2D eigenvalue weighted by molar-refractivity contribution is 0.575. The van der Waals surface area contributed by atoms with E-state index in [1.807, 2.05) is 42.5 Å². The fourth-order valence-corrected chi connectivity index (χ4v) is 6.53. The molecule has 1 aliphatic heterocycles. The summed E-state index contributed by atoms with van der Waals surface area (Å²) in [5.41, 5.74) is 4.38. The van der Waals surface area contributed by atoms with E-state index in [1.165, 1.54) is 24.1 Å². The number of sulfonamides is 1. The molecule has 1 aromatic heterocycles. The highest BCUT2D eigenvalue weighted by atomic mass is 35.5. The monoisotopic (exact) mass is 548 g/mol. The molecule has 198 valence electrons. The molecule has 0 unspecified atom stereocenters. The summed E-state index contributed by atoms with van der Waals surface area (Å²) in [6.07, 6.45) is 7.71. The number of nitrogens with one attached hydrogen (secondary N) is 2. The van der Waals surface area contributed by atoms with Gasteiger partial charge in [-0.2, -0.15) is 0 Å². The Bertz CT molecular complexity index is 1490. The van der Waals surface area contributed by atoms with Crippen molar-refractivity contribution < 1.29 is 8.42 Å². The molecule has 8 heteroatoms. The first-order valence-electron chi connectivity index (χ1n) is 13.2. The molecular weight excluding hydrogens is 516 g/mol. The normalized spacial score (nSPS) is 13.9. The van der Waals surface area contributed by atoms with E-state index in [2.05, 4.69) is 32.1 Å². The molecule has 1 aliphatic rings. The summed E-state index contributed by atoms with van der Waals surface area (Å²) in [4.78, 5) is 6.89. The molecule has 0 saturated carbocycles. The van der Waals surface area contributed by atoms with Crippen molar-refractivity contribution in [2.45, 2.75) is 30.6 Å². The first-order chi connectivity index (χ1) is 18.5. The van der Waals surface area contributed by atoms with E-state index in [1.54, 1.807) is 24.5 Å². The number of fused-ring (bicyclic) bond motifs is 1. The van der Waals surface area contributed by atoms with E-state index in [9.17, 15) is 8.42 Å². The van der Waals surface area contributed by atoms with E-state index in [0.29, 0.717) is 18.5 Å². The van der Waals surface area contributed by atoms with Gasteiger partial charge in [0, 0.05) is 60.1 Å². The average molecular weight is 549 g/mol. The minimum atomic E-state index is -3.71. The van der Waals surface area contributed by atoms with Gasteiger partial charge in [-0.3, -0.25) is 4.98 Å². The van der Waals surface area contributed by atoms with Gasteiger partial charge in [-0.1, -0.05) is 48.0 Å². The number of rotatable bonds is 11. The maximum atomic E-state index is 13.3. The number of hydrogen-bond acceptors (Lipinski definition) is 5. The van der Waals surface area contributed by atoms with Crippen LogP contribution in [0.25, 0.3) is 21.9 Å². The second-order valence-corrected chi connectivity index (χ2v) is 11.8. The maximum absolute atomic E-state index is 13.3. The molecule has 2 N–H and O–H groups in total. The molecule has 0 amide bonds. The third-order valence-corrected chi connectivity index (χ3v) is 8.74. The fraction of sp³-hybridized carbons (Fsp3) is 0.300. The van der Waals surface area contributed by atoms with E-state index in [0.717, 1.165) is 54.0 Å². The van der Waals surface area contributed by atoms with Crippen LogP contribution in [0.4, 0.5) is 5.69 Å². The molecule has 5 rings (SSSR count). The van der Waals surface area contributed by atoms with E-state index >= 15 is 0 Å². The van der Waals surface area contributed by atoms with Crippen LogP contribution in [0, 0.1) is 0 Å². The van der Waals surface area contributed by atoms with Gasteiger partial charge in [-0.05, 0) is 79.3 Å². The van der Waals surface area contributed by atoms with Gasteiger partial charge < -0.3 is 10.2 Å². The lowest BCUT2D eigenvalue weighted by atomic mass is 10.0. The highest BCUT2D eigenvalue weighted by Crippen LogP contribution is 2.30. The van der Waals surface area contributed by atoms with Gasteiger partial charge in [0.15, 0.2) is 0 Å². The smallest absolute Gasteiger partial charge is 0.241 e. The standard InChI is InChI=1S/C30H33ClN4O2S/c31-27-11-10-24(29(21-27)35-17-4-5-18-35)9-6-13-32-15-16-34-38(36,37)30-20-25(23-7-2-1-3-8-23)19-26-22-33-14-12-28(26)30/h1-3,7-8,10-12,14,19-22,32,34H,4-6,9,13,15-18H2. The number of nitrogens with zero attached hydrogens (tertiary/aromatic N) is 2. The van der Waals surface area contributed by atoms with Gasteiger partial charge in [-0.25, -0.2) is 13.1 Å². The van der Waals surface area contributed by atoms with Gasteiger partial charge in [0.2, 0.25) is 10.0 Å². The molecule has 1 fully saturated rings. The van der Waals surface area contributed by atoms with Crippen molar-refractivity contribution in [1.82, 2.24) is 15.0 Å². The summed E-state index contributed by atoms with van der Waals surface area (Å²) in [6, 6.07) is 21.4. The van der Waals surface area contributed by atoms with E-state index in [-0.39, 0.29) is 4.90 Å². The minimum absolute atomic E-state index is 0.272. The lowest BCUT2D eigenvalue weighted by Crippen LogP contribution is -2.32. The van der Waals surface area contributed by atoms with Crippen molar-refractivity contribution in [3.63, 3.8) is 0 Å². The largest absolute Gasteiger partial charge is 0.371 e. The summed E-state index contributed by atoms with van der Waals surface area (Å²) >= 11 is 6.27. The predicted molar refractivity (Wildman–Crippen MR) is 156 cm³/mol. The number of hydrogen-bond donors (Lipinski definition) is 2. The third kappa shape index (κ3) is 6.35. The predicted octanol–water partition coefficient (Wildman–Crippen LogP) is 5.66. The summed E-state index contributed by atoms with van der Waals surface area (Å²) < 4.78 is 29.4. The molecule has 0 bridgehead atoms. The molecule has 1 saturated heterocycles. The van der Waals surface area contributed by atoms with Crippen LogP contribution >= 0.6 is 11.6 Å². The Morgan fingerprint density at radius 3 is 2.53 bits per heavy atom. The molecule has 0 aliphatic carbocycles. The third-order valence-electron chi connectivity index (χ3n) is 7.00. The van der Waals surface area contributed by atoms with Crippen LogP contribution in [0.2, 0.25) is 5.02 Å². The summed E-state index contributed by atoms with van der Waals surface area (Å²) in [7, 11) is -3.71. The molecular formula is C30H33ClN4O2S. The van der Waals surface area contributed by atoms with Crippen LogP contribution in [0.1, 0.15) is 24.8 Å². The topological polar surface area (TPSA) is 74.3 Å². The van der Waals surface area contributed by atoms with Crippen molar-refractivity contribution in [3.8, 4) is 11.1 Å². The Hall–Kier alpha value is -2.97. The van der Waals surface area contributed by atoms with Crippen LogP contribution in [-0.4, -0.2) is 46.1 Å². The van der Waals surface area contributed by atoms with Crippen molar-refractivity contribution in [2.24, 2.45) is 0 Å². The second-order valence-electron chi connectivity index (χ2n) is 9.66. The quantitative estimate of drug-likeness (QED) is 0.237.